The fraction of sp³-hybridized carbons (Fsp3) is 0.467. The Morgan fingerprint density at radius 2 is 2.37 bits per heavy atom. The van der Waals surface area contributed by atoms with Crippen molar-refractivity contribution in [2.45, 2.75) is 38.8 Å². The summed E-state index contributed by atoms with van der Waals surface area (Å²) in [7, 11) is 0. The molecule has 0 bridgehead atoms. The standard InChI is InChI=1S/C15H19BrN2S/c1-2-17-14-5-3-4-11-8-18(9-12(11)14)10-15-13(16)6-7-19-15/h6-9,14,17H,2-5,10H2,1H3. The molecule has 0 fully saturated rings. The van der Waals surface area contributed by atoms with Crippen LogP contribution in [0.5, 0.6) is 0 Å². The molecule has 1 aliphatic carbocycles. The molecule has 0 spiro atoms. The van der Waals surface area contributed by atoms with Crippen LogP contribution in [0.2, 0.25) is 0 Å². The molecule has 19 heavy (non-hydrogen) atoms. The molecule has 2 nitrogen and oxygen atoms in total. The van der Waals surface area contributed by atoms with Gasteiger partial charge in [-0.1, -0.05) is 6.92 Å². The molecule has 0 amide bonds. The van der Waals surface area contributed by atoms with Crippen LogP contribution in [-0.2, 0) is 13.0 Å². The zero-order valence-electron chi connectivity index (χ0n) is 11.2. The zero-order valence-corrected chi connectivity index (χ0v) is 13.6. The second kappa shape index (κ2) is 5.81. The van der Waals surface area contributed by atoms with Crippen molar-refractivity contribution in [3.05, 3.63) is 44.3 Å². The third-order valence-electron chi connectivity index (χ3n) is 3.78. The Hall–Kier alpha value is -0.580. The molecular formula is C15H19BrN2S. The van der Waals surface area contributed by atoms with Gasteiger partial charge in [0.25, 0.3) is 0 Å². The molecule has 2 heterocycles. The summed E-state index contributed by atoms with van der Waals surface area (Å²) in [6.45, 7) is 4.21. The van der Waals surface area contributed by atoms with Gasteiger partial charge in [0.1, 0.15) is 0 Å². The fourth-order valence-electron chi connectivity index (χ4n) is 2.90. The van der Waals surface area contributed by atoms with Gasteiger partial charge in [-0.15, -0.1) is 11.3 Å². The zero-order chi connectivity index (χ0) is 13.2. The third kappa shape index (κ3) is 2.81. The van der Waals surface area contributed by atoms with Crippen LogP contribution in [0.25, 0.3) is 0 Å². The van der Waals surface area contributed by atoms with Crippen molar-refractivity contribution in [3.63, 3.8) is 0 Å². The second-order valence-corrected chi connectivity index (χ2v) is 6.96. The van der Waals surface area contributed by atoms with E-state index in [4.69, 9.17) is 0 Å². The first-order valence-corrected chi connectivity index (χ1v) is 8.59. The van der Waals surface area contributed by atoms with Crippen LogP contribution in [0.15, 0.2) is 28.3 Å². The van der Waals surface area contributed by atoms with Crippen molar-refractivity contribution < 1.29 is 0 Å². The van der Waals surface area contributed by atoms with Crippen molar-refractivity contribution in [1.29, 1.82) is 0 Å². The van der Waals surface area contributed by atoms with Crippen LogP contribution in [0, 0.1) is 0 Å². The minimum absolute atomic E-state index is 0.557. The van der Waals surface area contributed by atoms with E-state index in [-0.39, 0.29) is 0 Å². The molecule has 1 unspecified atom stereocenters. The lowest BCUT2D eigenvalue weighted by atomic mass is 9.91. The third-order valence-corrected chi connectivity index (χ3v) is 5.69. The number of rotatable bonds is 4. The van der Waals surface area contributed by atoms with E-state index in [1.807, 2.05) is 11.3 Å². The Balaban J connectivity index is 1.83. The van der Waals surface area contributed by atoms with E-state index < -0.39 is 0 Å². The summed E-state index contributed by atoms with van der Waals surface area (Å²) in [5.74, 6) is 0. The maximum absolute atomic E-state index is 3.62. The van der Waals surface area contributed by atoms with Gasteiger partial charge in [0.15, 0.2) is 0 Å². The summed E-state index contributed by atoms with van der Waals surface area (Å²) in [6, 6.07) is 2.69. The minimum atomic E-state index is 0.557. The number of fused-ring (bicyclic) bond motifs is 1. The highest BCUT2D eigenvalue weighted by Crippen LogP contribution is 2.31. The van der Waals surface area contributed by atoms with Gasteiger partial charge in [-0.3, -0.25) is 0 Å². The number of nitrogens with one attached hydrogen (secondary N) is 1. The Morgan fingerprint density at radius 1 is 1.47 bits per heavy atom. The van der Waals surface area contributed by atoms with Crippen molar-refractivity contribution in [1.82, 2.24) is 9.88 Å². The van der Waals surface area contributed by atoms with Gasteiger partial charge in [0, 0.05) is 27.8 Å². The second-order valence-electron chi connectivity index (χ2n) is 5.11. The van der Waals surface area contributed by atoms with Crippen LogP contribution in [0.3, 0.4) is 0 Å². The first-order valence-electron chi connectivity index (χ1n) is 6.91. The van der Waals surface area contributed by atoms with E-state index >= 15 is 0 Å². The van der Waals surface area contributed by atoms with Gasteiger partial charge in [0.2, 0.25) is 0 Å². The van der Waals surface area contributed by atoms with Crippen LogP contribution >= 0.6 is 27.3 Å². The van der Waals surface area contributed by atoms with Gasteiger partial charge < -0.3 is 9.88 Å². The summed E-state index contributed by atoms with van der Waals surface area (Å²) in [5, 5.41) is 5.75. The van der Waals surface area contributed by atoms with Crippen LogP contribution in [-0.4, -0.2) is 11.1 Å². The van der Waals surface area contributed by atoms with E-state index in [9.17, 15) is 0 Å². The van der Waals surface area contributed by atoms with E-state index in [1.165, 1.54) is 39.7 Å². The predicted molar refractivity (Wildman–Crippen MR) is 84.9 cm³/mol. The van der Waals surface area contributed by atoms with Crippen LogP contribution in [0.4, 0.5) is 0 Å². The Kier molecular flexibility index (Phi) is 4.10. The first kappa shape index (κ1) is 13.4. The van der Waals surface area contributed by atoms with E-state index in [0.717, 1.165) is 13.1 Å². The highest BCUT2D eigenvalue weighted by Gasteiger charge is 2.21. The molecule has 3 rings (SSSR count). The number of aromatic nitrogens is 1. The quantitative estimate of drug-likeness (QED) is 0.876. The lowest BCUT2D eigenvalue weighted by molar-refractivity contribution is 0.473. The SMILES string of the molecule is CCNC1CCCc2cn(Cc3sccc3Br)cc21. The highest BCUT2D eigenvalue weighted by atomic mass is 79.9. The molecule has 1 atom stereocenters. The topological polar surface area (TPSA) is 17.0 Å². The smallest absolute Gasteiger partial charge is 0.0575 e. The fourth-order valence-corrected chi connectivity index (χ4v) is 4.39. The molecule has 0 saturated carbocycles. The van der Waals surface area contributed by atoms with Gasteiger partial charge in [-0.2, -0.15) is 0 Å². The largest absolute Gasteiger partial charge is 0.348 e. The summed E-state index contributed by atoms with van der Waals surface area (Å²) in [5.41, 5.74) is 3.05. The summed E-state index contributed by atoms with van der Waals surface area (Å²) < 4.78 is 3.57. The molecule has 0 aromatic carbocycles. The number of thiophene rings is 1. The minimum Gasteiger partial charge on any atom is -0.348 e. The Labute approximate surface area is 127 Å². The number of hydrogen-bond donors (Lipinski definition) is 1. The summed E-state index contributed by atoms with van der Waals surface area (Å²) in [4.78, 5) is 1.40. The predicted octanol–water partition coefficient (Wildman–Crippen LogP) is 4.35. The number of nitrogens with zero attached hydrogens (tertiary/aromatic N) is 1. The van der Waals surface area contributed by atoms with E-state index in [0.29, 0.717) is 6.04 Å². The van der Waals surface area contributed by atoms with Crippen LogP contribution in [0.1, 0.15) is 41.8 Å². The van der Waals surface area contributed by atoms with Crippen molar-refractivity contribution in [3.8, 4) is 0 Å². The lowest BCUT2D eigenvalue weighted by Crippen LogP contribution is -2.23. The first-order chi connectivity index (χ1) is 9.28. The Morgan fingerprint density at radius 3 is 3.11 bits per heavy atom. The molecule has 2 aromatic heterocycles. The van der Waals surface area contributed by atoms with Gasteiger partial charge in [-0.05, 0) is 64.3 Å². The molecular weight excluding hydrogens is 320 g/mol. The molecule has 102 valence electrons. The highest BCUT2D eigenvalue weighted by molar-refractivity contribution is 9.10. The summed E-state index contributed by atoms with van der Waals surface area (Å²) in [6.07, 6.45) is 8.49. The van der Waals surface area contributed by atoms with Crippen molar-refractivity contribution in [2.75, 3.05) is 6.54 Å². The molecule has 0 radical (unpaired) electrons. The molecule has 1 N–H and O–H groups in total. The monoisotopic (exact) mass is 338 g/mol. The number of halogens is 1. The summed E-state index contributed by atoms with van der Waals surface area (Å²) >= 11 is 5.44. The van der Waals surface area contributed by atoms with Gasteiger partial charge in [-0.25, -0.2) is 0 Å². The maximum Gasteiger partial charge on any atom is 0.0575 e. The average Bonchev–Trinajstić information content (AvgIpc) is 2.98. The normalized spacial score (nSPS) is 18.5. The number of hydrogen-bond acceptors (Lipinski definition) is 2. The average molecular weight is 339 g/mol. The van der Waals surface area contributed by atoms with E-state index in [2.05, 4.69) is 56.6 Å². The van der Waals surface area contributed by atoms with Gasteiger partial charge >= 0.3 is 0 Å². The van der Waals surface area contributed by atoms with E-state index in [1.54, 1.807) is 0 Å². The van der Waals surface area contributed by atoms with Crippen LogP contribution < -0.4 is 5.32 Å². The molecule has 1 aliphatic rings. The van der Waals surface area contributed by atoms with Crippen molar-refractivity contribution >= 4 is 27.3 Å². The molecule has 0 saturated heterocycles. The van der Waals surface area contributed by atoms with Gasteiger partial charge in [0.05, 0.1) is 6.54 Å². The lowest BCUT2D eigenvalue weighted by Gasteiger charge is -2.22. The van der Waals surface area contributed by atoms with Crippen molar-refractivity contribution in [2.24, 2.45) is 0 Å². The maximum atomic E-state index is 3.62. The number of aryl methyl sites for hydroxylation is 1. The molecule has 4 heteroatoms. The Bertz CT molecular complexity index is 558. The molecule has 2 aromatic rings. The molecule has 0 aliphatic heterocycles.